The van der Waals surface area contributed by atoms with Crippen LogP contribution in [0.5, 0.6) is 0 Å². The Morgan fingerprint density at radius 1 is 1.06 bits per heavy atom. The minimum absolute atomic E-state index is 0.0232. The van der Waals surface area contributed by atoms with Crippen LogP contribution in [0, 0.1) is 5.92 Å². The summed E-state index contributed by atoms with van der Waals surface area (Å²) in [6.07, 6.45) is 6.62. The van der Waals surface area contributed by atoms with Crippen LogP contribution in [0.3, 0.4) is 0 Å². The second kappa shape index (κ2) is 11.6. The van der Waals surface area contributed by atoms with Crippen molar-refractivity contribution >= 4 is 5.91 Å². The summed E-state index contributed by atoms with van der Waals surface area (Å²) < 4.78 is 11.4. The molecule has 9 heteroatoms. The zero-order chi connectivity index (χ0) is 22.5. The number of nitrogens with two attached hydrogens (primary N) is 1. The van der Waals surface area contributed by atoms with Crippen molar-refractivity contribution in [2.45, 2.75) is 81.6 Å². The molecule has 0 aromatic rings. The molecule has 9 nitrogen and oxygen atoms in total. The number of piperidine rings is 1. The first-order valence-corrected chi connectivity index (χ1v) is 12.7. The molecule has 32 heavy (non-hydrogen) atoms. The van der Waals surface area contributed by atoms with Crippen LogP contribution in [0.15, 0.2) is 0 Å². The summed E-state index contributed by atoms with van der Waals surface area (Å²) in [5.41, 5.74) is 0. The number of nitrogens with zero attached hydrogens (tertiary/aromatic N) is 2. The summed E-state index contributed by atoms with van der Waals surface area (Å²) >= 11 is 0. The van der Waals surface area contributed by atoms with Crippen molar-refractivity contribution < 1.29 is 29.8 Å². The Hall–Kier alpha value is -0.810. The molecule has 5 N–H and O–H groups in total. The molecule has 4 fully saturated rings. The van der Waals surface area contributed by atoms with Crippen LogP contribution in [0.25, 0.3) is 0 Å². The van der Waals surface area contributed by atoms with E-state index in [4.69, 9.17) is 9.47 Å². The lowest BCUT2D eigenvalue weighted by molar-refractivity contribution is -0.717. The highest BCUT2D eigenvalue weighted by atomic mass is 16.5. The zero-order valence-electron chi connectivity index (χ0n) is 19.5. The molecule has 0 radical (unpaired) electrons. The van der Waals surface area contributed by atoms with E-state index in [0.717, 1.165) is 51.9 Å². The predicted octanol–water partition coefficient (Wildman–Crippen LogP) is -1.51. The minimum atomic E-state index is -0.744. The molecule has 4 aliphatic rings. The van der Waals surface area contributed by atoms with Crippen molar-refractivity contribution in [1.82, 2.24) is 15.1 Å². The molecule has 0 aromatic heterocycles. The SMILES string of the molecule is COC1CCC(C(=O)NCC2OC(CO)C(O)C2N2CCN(C3CCCC[NH2+]3)CC2)CC1. The number of ether oxygens (including phenoxy) is 2. The molecule has 0 aromatic carbocycles. The summed E-state index contributed by atoms with van der Waals surface area (Å²) in [7, 11) is 1.73. The molecule has 1 saturated carbocycles. The molecule has 4 rings (SSSR count). The summed E-state index contributed by atoms with van der Waals surface area (Å²) in [5.74, 6) is 0.0941. The van der Waals surface area contributed by atoms with Crippen molar-refractivity contribution in [3.8, 4) is 0 Å². The third-order valence-corrected chi connectivity index (χ3v) is 8.13. The van der Waals surface area contributed by atoms with Gasteiger partial charge in [-0.1, -0.05) is 0 Å². The average molecular weight is 456 g/mol. The quantitative estimate of drug-likeness (QED) is 0.369. The predicted molar refractivity (Wildman–Crippen MR) is 119 cm³/mol. The van der Waals surface area contributed by atoms with Gasteiger partial charge in [0.05, 0.1) is 31.4 Å². The Labute approximate surface area is 191 Å². The van der Waals surface area contributed by atoms with E-state index in [1.54, 1.807) is 7.11 Å². The topological polar surface area (TPSA) is 111 Å². The van der Waals surface area contributed by atoms with E-state index >= 15 is 0 Å². The van der Waals surface area contributed by atoms with E-state index in [1.807, 2.05) is 0 Å². The summed E-state index contributed by atoms with van der Waals surface area (Å²) in [5, 5.41) is 26.1. The number of methoxy groups -OCH3 is 1. The fourth-order valence-electron chi connectivity index (χ4n) is 6.13. The number of nitrogens with one attached hydrogen (secondary N) is 1. The van der Waals surface area contributed by atoms with Gasteiger partial charge in [0, 0.05) is 52.2 Å². The Bertz CT molecular complexity index is 589. The first-order valence-electron chi connectivity index (χ1n) is 12.7. The number of piperazine rings is 1. The lowest BCUT2D eigenvalue weighted by Crippen LogP contribution is -2.95. The van der Waals surface area contributed by atoms with Crippen LogP contribution in [0.1, 0.15) is 44.9 Å². The Morgan fingerprint density at radius 2 is 1.78 bits per heavy atom. The number of hydrogen-bond donors (Lipinski definition) is 4. The third-order valence-electron chi connectivity index (χ3n) is 8.13. The number of carbonyl (C=O) groups excluding carboxylic acids is 1. The molecule has 0 bridgehead atoms. The fraction of sp³-hybridized carbons (Fsp3) is 0.957. The van der Waals surface area contributed by atoms with Crippen molar-refractivity contribution in [2.75, 3.05) is 53.0 Å². The van der Waals surface area contributed by atoms with Crippen molar-refractivity contribution in [3.63, 3.8) is 0 Å². The highest BCUT2D eigenvalue weighted by Crippen LogP contribution is 2.28. The van der Waals surface area contributed by atoms with E-state index in [9.17, 15) is 15.0 Å². The monoisotopic (exact) mass is 455 g/mol. The Balaban J connectivity index is 1.29. The normalized spacial score (nSPS) is 39.8. The lowest BCUT2D eigenvalue weighted by atomic mass is 9.86. The largest absolute Gasteiger partial charge is 0.394 e. The van der Waals surface area contributed by atoms with E-state index in [2.05, 4.69) is 20.4 Å². The number of hydrogen-bond acceptors (Lipinski definition) is 7. The second-order valence-electron chi connectivity index (χ2n) is 9.99. The first-order chi connectivity index (χ1) is 15.6. The van der Waals surface area contributed by atoms with Gasteiger partial charge in [-0.15, -0.1) is 0 Å². The Kier molecular flexibility index (Phi) is 8.78. The first kappa shape index (κ1) is 24.3. The fourth-order valence-corrected chi connectivity index (χ4v) is 6.13. The van der Waals surface area contributed by atoms with Gasteiger partial charge in [0.1, 0.15) is 18.4 Å². The number of amides is 1. The van der Waals surface area contributed by atoms with E-state index in [-0.39, 0.29) is 36.7 Å². The van der Waals surface area contributed by atoms with Gasteiger partial charge in [-0.25, -0.2) is 0 Å². The third kappa shape index (κ3) is 5.63. The van der Waals surface area contributed by atoms with Gasteiger partial charge in [-0.3, -0.25) is 14.6 Å². The van der Waals surface area contributed by atoms with Crippen LogP contribution in [0.4, 0.5) is 0 Å². The maximum atomic E-state index is 12.7. The summed E-state index contributed by atoms with van der Waals surface area (Å²) in [6, 6.07) is -0.200. The number of rotatable bonds is 7. The summed E-state index contributed by atoms with van der Waals surface area (Å²) in [6.45, 7) is 5.09. The van der Waals surface area contributed by atoms with Crippen LogP contribution in [-0.4, -0.2) is 116 Å². The molecule has 5 atom stereocenters. The van der Waals surface area contributed by atoms with Crippen LogP contribution in [0.2, 0.25) is 0 Å². The van der Waals surface area contributed by atoms with Gasteiger partial charge >= 0.3 is 0 Å². The second-order valence-corrected chi connectivity index (χ2v) is 9.99. The standard InChI is InChI=1S/C23H42N4O5/c1-31-17-7-5-16(6-8-17)23(30)25-14-18-21(22(29)19(15-28)32-18)27-12-10-26(11-13-27)20-4-2-3-9-24-20/h16-22,24,28-29H,2-15H2,1H3,(H,25,30)/p+1. The van der Waals surface area contributed by atoms with Gasteiger partial charge in [-0.2, -0.15) is 0 Å². The zero-order valence-corrected chi connectivity index (χ0v) is 19.5. The van der Waals surface area contributed by atoms with Gasteiger partial charge in [0.2, 0.25) is 5.91 Å². The van der Waals surface area contributed by atoms with Crippen molar-refractivity contribution in [2.24, 2.45) is 5.92 Å². The highest BCUT2D eigenvalue weighted by Gasteiger charge is 2.47. The number of quaternary nitrogens is 1. The van der Waals surface area contributed by atoms with Gasteiger partial charge in [-0.05, 0) is 38.5 Å². The molecule has 3 heterocycles. The average Bonchev–Trinajstić information content (AvgIpc) is 3.18. The molecule has 5 unspecified atom stereocenters. The number of aliphatic hydroxyl groups is 2. The van der Waals surface area contributed by atoms with Gasteiger partial charge in [0.25, 0.3) is 0 Å². The number of aliphatic hydroxyl groups excluding tert-OH is 2. The molecule has 1 aliphatic carbocycles. The molecule has 3 aliphatic heterocycles. The lowest BCUT2D eigenvalue weighted by Gasteiger charge is -2.42. The van der Waals surface area contributed by atoms with E-state index in [1.165, 1.54) is 25.8 Å². The molecule has 0 spiro atoms. The molecular formula is C23H43N4O5+. The molecule has 184 valence electrons. The maximum Gasteiger partial charge on any atom is 0.223 e. The van der Waals surface area contributed by atoms with Crippen molar-refractivity contribution in [1.29, 1.82) is 0 Å². The van der Waals surface area contributed by atoms with Gasteiger partial charge < -0.3 is 30.3 Å². The van der Waals surface area contributed by atoms with Crippen LogP contribution >= 0.6 is 0 Å². The number of carbonyl (C=O) groups is 1. The minimum Gasteiger partial charge on any atom is -0.394 e. The van der Waals surface area contributed by atoms with E-state index < -0.39 is 12.2 Å². The van der Waals surface area contributed by atoms with Crippen LogP contribution in [-0.2, 0) is 14.3 Å². The van der Waals surface area contributed by atoms with Crippen molar-refractivity contribution in [3.05, 3.63) is 0 Å². The van der Waals surface area contributed by atoms with E-state index in [0.29, 0.717) is 12.7 Å². The highest BCUT2D eigenvalue weighted by molar-refractivity contribution is 5.78. The molecule has 3 saturated heterocycles. The molecule has 1 amide bonds. The Morgan fingerprint density at radius 3 is 2.41 bits per heavy atom. The maximum absolute atomic E-state index is 12.7. The van der Waals surface area contributed by atoms with Gasteiger partial charge in [0.15, 0.2) is 0 Å². The van der Waals surface area contributed by atoms with Crippen LogP contribution < -0.4 is 10.6 Å². The smallest absolute Gasteiger partial charge is 0.223 e. The molecular weight excluding hydrogens is 412 g/mol. The summed E-state index contributed by atoms with van der Waals surface area (Å²) in [4.78, 5) is 17.6.